The van der Waals surface area contributed by atoms with Gasteiger partial charge in [-0.15, -0.1) is 0 Å². The predicted octanol–water partition coefficient (Wildman–Crippen LogP) is 2.15. The van der Waals surface area contributed by atoms with Gasteiger partial charge >= 0.3 is 8.80 Å². The Hall–Kier alpha value is -0.703. The molecule has 0 radical (unpaired) electrons. The number of rotatable bonds is 9. The third-order valence-electron chi connectivity index (χ3n) is 4.57. The molecule has 0 spiro atoms. The minimum Gasteiger partial charge on any atom is -0.466 e. The molecule has 0 aliphatic carbocycles. The Bertz CT molecular complexity index is 478. The lowest BCUT2D eigenvalue weighted by atomic mass is 9.88. The second-order valence-electron chi connectivity index (χ2n) is 6.12. The van der Waals surface area contributed by atoms with Gasteiger partial charge in [0.15, 0.2) is 0 Å². The average Bonchev–Trinajstić information content (AvgIpc) is 3.01. The van der Waals surface area contributed by atoms with Gasteiger partial charge in [-0.3, -0.25) is 0 Å². The molecule has 6 nitrogen and oxygen atoms in total. The molecule has 132 valence electrons. The lowest BCUT2D eigenvalue weighted by molar-refractivity contribution is -0.0641. The summed E-state index contributed by atoms with van der Waals surface area (Å²) in [4.78, 5) is 0. The highest BCUT2D eigenvalue weighted by Gasteiger charge is 2.53. The fraction of sp³-hybridized carbons (Fsp3) is 0.750. The van der Waals surface area contributed by atoms with Crippen molar-refractivity contribution < 1.29 is 17.7 Å². The summed E-state index contributed by atoms with van der Waals surface area (Å²) in [7, 11) is 0.747. The van der Waals surface area contributed by atoms with Crippen molar-refractivity contribution in [2.75, 3.05) is 33.9 Å². The van der Waals surface area contributed by atoms with Gasteiger partial charge in [0.25, 0.3) is 0 Å². The number of furan rings is 1. The third-order valence-corrected chi connectivity index (χ3v) is 7.48. The molecule has 0 bridgehead atoms. The van der Waals surface area contributed by atoms with Crippen molar-refractivity contribution >= 4 is 8.80 Å². The van der Waals surface area contributed by atoms with E-state index in [9.17, 15) is 0 Å². The van der Waals surface area contributed by atoms with Crippen LogP contribution in [0.15, 0.2) is 16.7 Å². The second kappa shape index (κ2) is 8.41. The van der Waals surface area contributed by atoms with Crippen molar-refractivity contribution in [3.63, 3.8) is 0 Å². The Kier molecular flexibility index (Phi) is 6.81. The molecule has 2 rings (SSSR count). The van der Waals surface area contributed by atoms with Crippen molar-refractivity contribution in [1.29, 1.82) is 0 Å². The Morgan fingerprint density at radius 3 is 2.74 bits per heavy atom. The summed E-state index contributed by atoms with van der Waals surface area (Å²) in [5.41, 5.74) is 6.19. The van der Waals surface area contributed by atoms with E-state index in [4.69, 9.17) is 23.4 Å². The summed E-state index contributed by atoms with van der Waals surface area (Å²) in [5.74, 6) is 0.919. The lowest BCUT2D eigenvalue weighted by Crippen LogP contribution is -2.54. The van der Waals surface area contributed by atoms with Crippen LogP contribution in [-0.2, 0) is 18.9 Å². The van der Waals surface area contributed by atoms with E-state index < -0.39 is 14.4 Å². The molecule has 0 amide bonds. The van der Waals surface area contributed by atoms with Crippen LogP contribution in [0.5, 0.6) is 0 Å². The molecule has 0 saturated carbocycles. The first-order chi connectivity index (χ1) is 11.1. The van der Waals surface area contributed by atoms with E-state index in [2.05, 4.69) is 12.2 Å². The molecular formula is C16H30N2O4Si. The zero-order chi connectivity index (χ0) is 16.8. The quantitative estimate of drug-likeness (QED) is 0.529. The molecule has 23 heavy (non-hydrogen) atoms. The van der Waals surface area contributed by atoms with Crippen molar-refractivity contribution in [3.8, 4) is 0 Å². The molecule has 3 N–H and O–H groups in total. The number of aryl methyl sites for hydroxylation is 1. The fourth-order valence-electron chi connectivity index (χ4n) is 3.38. The maximum absolute atomic E-state index is 6.54. The summed E-state index contributed by atoms with van der Waals surface area (Å²) >= 11 is 0. The summed E-state index contributed by atoms with van der Waals surface area (Å²) in [5, 5.41) is 3.34. The van der Waals surface area contributed by atoms with Crippen LogP contribution in [0, 0.1) is 6.92 Å². The van der Waals surface area contributed by atoms with Gasteiger partial charge in [0, 0.05) is 33.4 Å². The van der Waals surface area contributed by atoms with Crippen LogP contribution in [-0.4, -0.2) is 42.7 Å². The molecule has 7 heteroatoms. The Morgan fingerprint density at radius 1 is 1.35 bits per heavy atom. The van der Waals surface area contributed by atoms with Crippen LogP contribution in [0.25, 0.3) is 0 Å². The number of hydrogen-bond donors (Lipinski definition) is 2. The molecule has 1 saturated heterocycles. The third kappa shape index (κ3) is 4.23. The van der Waals surface area contributed by atoms with Crippen molar-refractivity contribution in [2.45, 2.75) is 44.3 Å². The molecule has 1 atom stereocenters. The lowest BCUT2D eigenvalue weighted by Gasteiger charge is -2.44. The molecule has 1 aliphatic heterocycles. The maximum Gasteiger partial charge on any atom is 0.501 e. The second-order valence-corrected chi connectivity index (χ2v) is 9.00. The van der Waals surface area contributed by atoms with Crippen LogP contribution in [0.3, 0.4) is 0 Å². The van der Waals surface area contributed by atoms with Crippen LogP contribution in [0.1, 0.15) is 37.0 Å². The summed E-state index contributed by atoms with van der Waals surface area (Å²) in [6, 6.07) is 2.84. The van der Waals surface area contributed by atoms with E-state index >= 15 is 0 Å². The van der Waals surface area contributed by atoms with E-state index in [-0.39, 0.29) is 0 Å². The minimum atomic E-state index is -2.62. The first kappa shape index (κ1) is 18.6. The van der Waals surface area contributed by atoms with Crippen LogP contribution in [0.2, 0.25) is 6.04 Å². The standard InChI is InChI=1S/C16H30N2O4Si/c1-14-6-12-21-15(14)16(7-4-10-18-11-9-17)8-5-13-23(19-2,20-3)22-16/h6,12,18H,4-5,7-11,13,17H2,1-3H3. The van der Waals surface area contributed by atoms with Crippen LogP contribution < -0.4 is 11.1 Å². The smallest absolute Gasteiger partial charge is 0.466 e. The van der Waals surface area contributed by atoms with Crippen molar-refractivity contribution in [1.82, 2.24) is 5.32 Å². The molecule has 1 aromatic heterocycles. The van der Waals surface area contributed by atoms with Gasteiger partial charge in [0.05, 0.1) is 6.26 Å². The van der Waals surface area contributed by atoms with Crippen LogP contribution in [0.4, 0.5) is 0 Å². The van der Waals surface area contributed by atoms with Gasteiger partial charge in [-0.25, -0.2) is 0 Å². The van der Waals surface area contributed by atoms with E-state index in [0.717, 1.165) is 56.1 Å². The number of nitrogens with one attached hydrogen (secondary N) is 1. The van der Waals surface area contributed by atoms with E-state index in [1.807, 2.05) is 6.07 Å². The fourth-order valence-corrected chi connectivity index (χ4v) is 5.72. The topological polar surface area (TPSA) is 78.9 Å². The van der Waals surface area contributed by atoms with E-state index in [1.165, 1.54) is 0 Å². The molecule has 2 heterocycles. The Morgan fingerprint density at radius 2 is 2.13 bits per heavy atom. The zero-order valence-electron chi connectivity index (χ0n) is 14.5. The van der Waals surface area contributed by atoms with E-state index in [0.29, 0.717) is 6.54 Å². The normalized spacial score (nSPS) is 24.0. The predicted molar refractivity (Wildman–Crippen MR) is 91.2 cm³/mol. The van der Waals surface area contributed by atoms with Gasteiger partial charge < -0.3 is 28.7 Å². The molecule has 1 aliphatic rings. The Labute approximate surface area is 140 Å². The highest BCUT2D eigenvalue weighted by atomic mass is 28.4. The number of nitrogens with two attached hydrogens (primary N) is 1. The first-order valence-electron chi connectivity index (χ1n) is 8.37. The molecule has 0 aromatic carbocycles. The van der Waals surface area contributed by atoms with Gasteiger partial charge in [-0.2, -0.15) is 0 Å². The monoisotopic (exact) mass is 342 g/mol. The SMILES string of the molecule is CO[Si]1(OC)CCCC(CCCNCCN)(c2occc2C)O1. The van der Waals surface area contributed by atoms with Gasteiger partial charge in [-0.1, -0.05) is 0 Å². The summed E-state index contributed by atoms with van der Waals surface area (Å²) in [6.45, 7) is 4.47. The Balaban J connectivity index is 2.17. The highest BCUT2D eigenvalue weighted by Crippen LogP contribution is 2.45. The summed E-state index contributed by atoms with van der Waals surface area (Å²) in [6.07, 6.45) is 5.54. The average molecular weight is 343 g/mol. The van der Waals surface area contributed by atoms with Gasteiger partial charge in [0.2, 0.25) is 0 Å². The molecular weight excluding hydrogens is 312 g/mol. The maximum atomic E-state index is 6.54. The molecule has 1 unspecified atom stereocenters. The largest absolute Gasteiger partial charge is 0.501 e. The van der Waals surface area contributed by atoms with Crippen molar-refractivity contribution in [2.24, 2.45) is 5.73 Å². The number of hydrogen-bond acceptors (Lipinski definition) is 6. The molecule has 1 aromatic rings. The van der Waals surface area contributed by atoms with Gasteiger partial charge in [0.1, 0.15) is 11.4 Å². The van der Waals surface area contributed by atoms with Crippen LogP contribution >= 0.6 is 0 Å². The molecule has 1 fully saturated rings. The summed E-state index contributed by atoms with van der Waals surface area (Å²) < 4.78 is 23.7. The minimum absolute atomic E-state index is 0.450. The zero-order valence-corrected chi connectivity index (χ0v) is 15.5. The van der Waals surface area contributed by atoms with E-state index in [1.54, 1.807) is 20.5 Å². The van der Waals surface area contributed by atoms with Crippen molar-refractivity contribution in [3.05, 3.63) is 23.7 Å². The highest BCUT2D eigenvalue weighted by molar-refractivity contribution is 6.60. The van der Waals surface area contributed by atoms with Gasteiger partial charge in [-0.05, 0) is 50.8 Å². The first-order valence-corrected chi connectivity index (χ1v) is 10.3.